The van der Waals surface area contributed by atoms with Crippen molar-refractivity contribution in [1.29, 1.82) is 0 Å². The maximum atomic E-state index is 11.9. The highest BCUT2D eigenvalue weighted by Crippen LogP contribution is 2.17. The third kappa shape index (κ3) is 3.46. The molecule has 5 heteroatoms. The first-order valence-electron chi connectivity index (χ1n) is 6.30. The van der Waals surface area contributed by atoms with Crippen LogP contribution in [-0.2, 0) is 11.3 Å². The molecule has 1 N–H and O–H groups in total. The van der Waals surface area contributed by atoms with Gasteiger partial charge in [0, 0.05) is 25.1 Å². The normalized spacial score (nSPS) is 18.9. The first-order chi connectivity index (χ1) is 8.66. The highest BCUT2D eigenvalue weighted by atomic mass is 32.1. The zero-order valence-electron chi connectivity index (χ0n) is 10.9. The van der Waals surface area contributed by atoms with Crippen molar-refractivity contribution < 1.29 is 9.53 Å². The van der Waals surface area contributed by atoms with Gasteiger partial charge in [-0.05, 0) is 36.8 Å². The fraction of sp³-hybridized carbons (Fsp3) is 0.615. The van der Waals surface area contributed by atoms with E-state index in [1.54, 1.807) is 16.2 Å². The van der Waals surface area contributed by atoms with Gasteiger partial charge in [0.05, 0.1) is 12.6 Å². The number of urea groups is 1. The van der Waals surface area contributed by atoms with Gasteiger partial charge < -0.3 is 15.0 Å². The Bertz CT molecular complexity index is 399. The van der Waals surface area contributed by atoms with Crippen LogP contribution < -0.4 is 5.32 Å². The van der Waals surface area contributed by atoms with Crippen molar-refractivity contribution in [3.63, 3.8) is 0 Å². The topological polar surface area (TPSA) is 41.6 Å². The summed E-state index contributed by atoms with van der Waals surface area (Å²) in [6, 6.07) is 2.05. The molecule has 0 aliphatic carbocycles. The Morgan fingerprint density at radius 3 is 3.11 bits per heavy atom. The Balaban J connectivity index is 1.76. The molecule has 2 rings (SSSR count). The maximum absolute atomic E-state index is 11.9. The summed E-state index contributed by atoms with van der Waals surface area (Å²) in [5.74, 6) is 0. The van der Waals surface area contributed by atoms with Crippen molar-refractivity contribution in [2.45, 2.75) is 32.4 Å². The molecule has 1 atom stereocenters. The first kappa shape index (κ1) is 13.4. The van der Waals surface area contributed by atoms with Gasteiger partial charge in [-0.1, -0.05) is 0 Å². The molecule has 0 spiro atoms. The molecule has 2 heterocycles. The van der Waals surface area contributed by atoms with Crippen LogP contribution in [0.15, 0.2) is 11.4 Å². The third-order valence-corrected chi connectivity index (χ3v) is 4.21. The molecule has 1 saturated heterocycles. The zero-order chi connectivity index (χ0) is 13.0. The van der Waals surface area contributed by atoms with Crippen molar-refractivity contribution in [2.75, 3.05) is 20.2 Å². The minimum absolute atomic E-state index is 0.0294. The SMILES string of the molecule is Cc1ccsc1CN(C)C(=O)NCC1CCCO1. The van der Waals surface area contributed by atoms with E-state index in [4.69, 9.17) is 4.74 Å². The second-order valence-corrected chi connectivity index (χ2v) is 5.70. The number of ether oxygens (including phenoxy) is 1. The molecule has 18 heavy (non-hydrogen) atoms. The second-order valence-electron chi connectivity index (χ2n) is 4.70. The largest absolute Gasteiger partial charge is 0.376 e. The molecular formula is C13H20N2O2S. The molecule has 1 aromatic heterocycles. The van der Waals surface area contributed by atoms with Crippen LogP contribution in [0.1, 0.15) is 23.3 Å². The molecule has 4 nitrogen and oxygen atoms in total. The van der Waals surface area contributed by atoms with Crippen LogP contribution in [-0.4, -0.2) is 37.2 Å². The number of hydrogen-bond donors (Lipinski definition) is 1. The van der Waals surface area contributed by atoms with Crippen molar-refractivity contribution in [2.24, 2.45) is 0 Å². The Hall–Kier alpha value is -1.07. The number of amides is 2. The Kier molecular flexibility index (Phi) is 4.60. The van der Waals surface area contributed by atoms with Crippen LogP contribution in [0.2, 0.25) is 0 Å². The lowest BCUT2D eigenvalue weighted by molar-refractivity contribution is 0.109. The standard InChI is InChI=1S/C13H20N2O2S/c1-10-5-7-18-12(10)9-15(2)13(16)14-8-11-4-3-6-17-11/h5,7,11H,3-4,6,8-9H2,1-2H3,(H,14,16). The second kappa shape index (κ2) is 6.20. The van der Waals surface area contributed by atoms with E-state index >= 15 is 0 Å². The summed E-state index contributed by atoms with van der Waals surface area (Å²) in [6.45, 7) is 4.18. The van der Waals surface area contributed by atoms with Crippen molar-refractivity contribution in [1.82, 2.24) is 10.2 Å². The lowest BCUT2D eigenvalue weighted by atomic mass is 10.2. The number of hydrogen-bond acceptors (Lipinski definition) is 3. The average molecular weight is 268 g/mol. The minimum atomic E-state index is -0.0294. The predicted octanol–water partition coefficient (Wildman–Crippen LogP) is 2.38. The van der Waals surface area contributed by atoms with Crippen molar-refractivity contribution in [3.05, 3.63) is 21.9 Å². The molecule has 2 amide bonds. The van der Waals surface area contributed by atoms with Gasteiger partial charge in [0.1, 0.15) is 0 Å². The summed E-state index contributed by atoms with van der Waals surface area (Å²) >= 11 is 1.69. The number of thiophene rings is 1. The van der Waals surface area contributed by atoms with Gasteiger partial charge in [-0.2, -0.15) is 0 Å². The first-order valence-corrected chi connectivity index (χ1v) is 7.18. The Morgan fingerprint density at radius 1 is 1.67 bits per heavy atom. The summed E-state index contributed by atoms with van der Waals surface area (Å²) < 4.78 is 5.48. The van der Waals surface area contributed by atoms with Gasteiger partial charge in [-0.3, -0.25) is 0 Å². The van der Waals surface area contributed by atoms with E-state index in [1.807, 2.05) is 7.05 Å². The van der Waals surface area contributed by atoms with Gasteiger partial charge in [-0.15, -0.1) is 11.3 Å². The number of carbonyl (C=O) groups is 1. The quantitative estimate of drug-likeness (QED) is 0.911. The molecule has 0 saturated carbocycles. The van der Waals surface area contributed by atoms with E-state index in [0.717, 1.165) is 19.4 Å². The lowest BCUT2D eigenvalue weighted by Gasteiger charge is -2.19. The van der Waals surface area contributed by atoms with Crippen LogP contribution >= 0.6 is 11.3 Å². The Morgan fingerprint density at radius 2 is 2.50 bits per heavy atom. The summed E-state index contributed by atoms with van der Waals surface area (Å²) in [6.07, 6.45) is 2.35. The molecule has 1 aliphatic rings. The summed E-state index contributed by atoms with van der Waals surface area (Å²) in [7, 11) is 1.82. The molecular weight excluding hydrogens is 248 g/mol. The van der Waals surface area contributed by atoms with E-state index in [-0.39, 0.29) is 12.1 Å². The van der Waals surface area contributed by atoms with E-state index < -0.39 is 0 Å². The number of rotatable bonds is 4. The predicted molar refractivity (Wildman–Crippen MR) is 72.9 cm³/mol. The van der Waals surface area contributed by atoms with Crippen LogP contribution in [0, 0.1) is 6.92 Å². The molecule has 1 fully saturated rings. The summed E-state index contributed by atoms with van der Waals surface area (Å²) in [4.78, 5) is 14.9. The zero-order valence-corrected chi connectivity index (χ0v) is 11.8. The Labute approximate surface area is 112 Å². The molecule has 0 bridgehead atoms. The molecule has 1 aliphatic heterocycles. The minimum Gasteiger partial charge on any atom is -0.376 e. The lowest BCUT2D eigenvalue weighted by Crippen LogP contribution is -2.40. The van der Waals surface area contributed by atoms with Crippen molar-refractivity contribution in [3.8, 4) is 0 Å². The van der Waals surface area contributed by atoms with Crippen molar-refractivity contribution >= 4 is 17.4 Å². The van der Waals surface area contributed by atoms with Gasteiger partial charge in [-0.25, -0.2) is 4.79 Å². The highest BCUT2D eigenvalue weighted by molar-refractivity contribution is 7.10. The van der Waals surface area contributed by atoms with Gasteiger partial charge in [0.25, 0.3) is 0 Å². The number of nitrogens with zero attached hydrogens (tertiary/aromatic N) is 1. The summed E-state index contributed by atoms with van der Waals surface area (Å²) in [5, 5.41) is 4.98. The fourth-order valence-corrected chi connectivity index (χ4v) is 2.95. The van der Waals surface area contributed by atoms with Crippen LogP contribution in [0.25, 0.3) is 0 Å². The van der Waals surface area contributed by atoms with Crippen LogP contribution in [0.3, 0.4) is 0 Å². The fourth-order valence-electron chi connectivity index (χ4n) is 1.99. The summed E-state index contributed by atoms with van der Waals surface area (Å²) in [5.41, 5.74) is 1.25. The van der Waals surface area contributed by atoms with Crippen LogP contribution in [0.4, 0.5) is 4.79 Å². The van der Waals surface area contributed by atoms with Crippen LogP contribution in [0.5, 0.6) is 0 Å². The van der Waals surface area contributed by atoms with Gasteiger partial charge in [0.15, 0.2) is 0 Å². The molecule has 0 aromatic carbocycles. The number of aryl methyl sites for hydroxylation is 1. The smallest absolute Gasteiger partial charge is 0.317 e. The van der Waals surface area contributed by atoms with E-state index in [2.05, 4.69) is 23.7 Å². The average Bonchev–Trinajstić information content (AvgIpc) is 2.99. The van der Waals surface area contributed by atoms with E-state index in [0.29, 0.717) is 13.1 Å². The van der Waals surface area contributed by atoms with Gasteiger partial charge >= 0.3 is 6.03 Å². The number of nitrogens with one attached hydrogen (secondary N) is 1. The maximum Gasteiger partial charge on any atom is 0.317 e. The van der Waals surface area contributed by atoms with Gasteiger partial charge in [0.2, 0.25) is 0 Å². The monoisotopic (exact) mass is 268 g/mol. The van der Waals surface area contributed by atoms with E-state index in [9.17, 15) is 4.79 Å². The van der Waals surface area contributed by atoms with E-state index in [1.165, 1.54) is 10.4 Å². The molecule has 1 aromatic rings. The highest BCUT2D eigenvalue weighted by Gasteiger charge is 2.17. The number of carbonyl (C=O) groups excluding carboxylic acids is 1. The molecule has 1 unspecified atom stereocenters. The third-order valence-electron chi connectivity index (χ3n) is 3.20. The molecule has 0 radical (unpaired) electrons. The molecule has 100 valence electrons.